The van der Waals surface area contributed by atoms with Crippen molar-refractivity contribution in [2.24, 2.45) is 41.4 Å². The molecule has 0 N–H and O–H groups in total. The zero-order valence-electron chi connectivity index (χ0n) is 42.1. The fourth-order valence-electron chi connectivity index (χ4n) is 2.17. The van der Waals surface area contributed by atoms with Crippen molar-refractivity contribution in [3.63, 3.8) is 0 Å². The van der Waals surface area contributed by atoms with E-state index in [2.05, 4.69) is 178 Å². The standard InChI is InChI=1S/C8H18S2.2C7H16S2.2C6H14S2.C5H12S2.C5H12/c1-7(2)6-9-10-8(3,4)5;1-6(2)5-8-9-7(3)4;1-5-7(6(2)3)9-8-4;1-5(2)6(3)8-7-4;1-4-7-8-5-6(2)3;1-5(2)4-7-6-3;1-4-5(2)3/h7H,6H2,1-5H3;2*6-7H,5H2,1-4H3;5-6H,1-4H3;6H,4-5H2,1-3H3;5H,4H2,1-3H3;5H,4H2,1-3H3/t;;7-;6-;;;/m..11.../s1. The maximum absolute atomic E-state index is 2.29. The molecule has 0 saturated carbocycles. The second-order valence-electron chi connectivity index (χ2n) is 17.1. The fourth-order valence-corrected chi connectivity index (χ4v) is 15.7. The zero-order valence-corrected chi connectivity index (χ0v) is 51.9. The van der Waals surface area contributed by atoms with Crippen LogP contribution >= 0.6 is 130 Å². The average molecular weight is 1020 g/mol. The first-order valence-corrected chi connectivity index (χ1v) is 36.3. The van der Waals surface area contributed by atoms with Crippen molar-refractivity contribution in [3.05, 3.63) is 0 Å². The number of hydrogen-bond acceptors (Lipinski definition) is 12. The molecular formula is C44H102S12. The van der Waals surface area contributed by atoms with Gasteiger partial charge in [-0.25, -0.2) is 0 Å². The Bertz CT molecular complexity index is 644. The summed E-state index contributed by atoms with van der Waals surface area (Å²) in [6.07, 6.45) is 9.00. The predicted molar refractivity (Wildman–Crippen MR) is 311 cm³/mol. The third kappa shape index (κ3) is 97.5. The molecule has 2 atom stereocenters. The summed E-state index contributed by atoms with van der Waals surface area (Å²) in [6, 6.07) is 0. The molecule has 0 aliphatic carbocycles. The van der Waals surface area contributed by atoms with Gasteiger partial charge >= 0.3 is 0 Å². The van der Waals surface area contributed by atoms with Crippen LogP contribution in [0.3, 0.4) is 0 Å². The molecule has 0 rings (SSSR count). The molecule has 0 spiro atoms. The topological polar surface area (TPSA) is 0 Å². The molecule has 0 nitrogen and oxygen atoms in total. The highest BCUT2D eigenvalue weighted by molar-refractivity contribution is 8.78. The van der Waals surface area contributed by atoms with Gasteiger partial charge in [0.1, 0.15) is 0 Å². The maximum atomic E-state index is 2.29. The van der Waals surface area contributed by atoms with Gasteiger partial charge < -0.3 is 0 Å². The van der Waals surface area contributed by atoms with Gasteiger partial charge in [0.25, 0.3) is 0 Å². The minimum atomic E-state index is 0.416. The Morgan fingerprint density at radius 3 is 1.00 bits per heavy atom. The van der Waals surface area contributed by atoms with Crippen molar-refractivity contribution in [1.82, 2.24) is 0 Å². The molecule has 0 heterocycles. The predicted octanol–water partition coefficient (Wildman–Crippen LogP) is 21.5. The van der Waals surface area contributed by atoms with Crippen LogP contribution in [0.1, 0.15) is 172 Å². The van der Waals surface area contributed by atoms with Crippen LogP contribution in [0.4, 0.5) is 0 Å². The largest absolute Gasteiger partial charge is 0.0976 e. The van der Waals surface area contributed by atoms with Crippen molar-refractivity contribution < 1.29 is 0 Å². The first-order chi connectivity index (χ1) is 25.8. The van der Waals surface area contributed by atoms with Crippen molar-refractivity contribution in [3.8, 4) is 0 Å². The van der Waals surface area contributed by atoms with Crippen LogP contribution < -0.4 is 0 Å². The highest BCUT2D eigenvalue weighted by atomic mass is 33.1. The third-order valence-corrected chi connectivity index (χ3v) is 23.0. The highest BCUT2D eigenvalue weighted by Crippen LogP contribution is 2.36. The van der Waals surface area contributed by atoms with Crippen LogP contribution in [0.15, 0.2) is 0 Å². The average Bonchev–Trinajstić information content (AvgIpc) is 3.06. The van der Waals surface area contributed by atoms with Gasteiger partial charge in [-0.3, -0.25) is 0 Å². The molecule has 0 amide bonds. The Morgan fingerprint density at radius 1 is 0.393 bits per heavy atom. The monoisotopic (exact) mass is 1010 g/mol. The molecule has 0 saturated heterocycles. The molecule has 12 heteroatoms. The van der Waals surface area contributed by atoms with E-state index in [1.54, 1.807) is 0 Å². The molecule has 0 aromatic rings. The molecule has 0 bridgehead atoms. The van der Waals surface area contributed by atoms with E-state index in [0.717, 1.165) is 57.2 Å². The third-order valence-electron chi connectivity index (χ3n) is 5.86. The summed E-state index contributed by atoms with van der Waals surface area (Å²) in [5, 5.41) is 2.42. The van der Waals surface area contributed by atoms with E-state index in [1.807, 2.05) is 130 Å². The van der Waals surface area contributed by atoms with Crippen molar-refractivity contribution in [1.29, 1.82) is 0 Å². The van der Waals surface area contributed by atoms with Crippen LogP contribution in [-0.2, 0) is 0 Å². The summed E-state index contributed by atoms with van der Waals surface area (Å²) < 4.78 is 0.416. The van der Waals surface area contributed by atoms with Gasteiger partial charge in [-0.2, -0.15) is 0 Å². The molecule has 350 valence electrons. The van der Waals surface area contributed by atoms with E-state index in [4.69, 9.17) is 0 Å². The second-order valence-corrected chi connectivity index (χ2v) is 34.2. The molecule has 0 unspecified atom stereocenters. The first kappa shape index (κ1) is 74.5. The van der Waals surface area contributed by atoms with Gasteiger partial charge in [0.15, 0.2) is 0 Å². The van der Waals surface area contributed by atoms with Gasteiger partial charge in [0.05, 0.1) is 0 Å². The van der Waals surface area contributed by atoms with Gasteiger partial charge in [-0.1, -0.05) is 295 Å². The summed E-state index contributed by atoms with van der Waals surface area (Å²) in [6.45, 7) is 51.7. The second kappa shape index (κ2) is 57.2. The Labute approximate surface area is 406 Å². The number of hydrogen-bond donors (Lipinski definition) is 0. The molecule has 0 aromatic heterocycles. The zero-order chi connectivity index (χ0) is 45.7. The van der Waals surface area contributed by atoms with Crippen LogP contribution in [0.5, 0.6) is 0 Å². The molecule has 0 aliphatic heterocycles. The molecule has 0 radical (unpaired) electrons. The molecule has 0 aromatic carbocycles. The lowest BCUT2D eigenvalue weighted by Gasteiger charge is -2.16. The van der Waals surface area contributed by atoms with E-state index in [1.165, 1.54) is 41.6 Å². The Kier molecular flexibility index (Phi) is 76.2. The Balaban J connectivity index is -0.000000101. The summed E-state index contributed by atoms with van der Waals surface area (Å²) >= 11 is 0. The van der Waals surface area contributed by atoms with E-state index in [9.17, 15) is 0 Å². The van der Waals surface area contributed by atoms with Crippen molar-refractivity contribution in [2.45, 2.75) is 193 Å². The fraction of sp³-hybridized carbons (Fsp3) is 1.00. The van der Waals surface area contributed by atoms with Gasteiger partial charge in [0, 0.05) is 49.3 Å². The molecule has 0 fully saturated rings. The van der Waals surface area contributed by atoms with Crippen molar-refractivity contribution >= 4 is 130 Å². The molecule has 0 aliphatic rings. The van der Waals surface area contributed by atoms with Crippen molar-refractivity contribution in [2.75, 3.05) is 47.5 Å². The smallest absolute Gasteiger partial charge is 0.0179 e. The summed E-state index contributed by atoms with van der Waals surface area (Å²) in [4.78, 5) is 0. The quantitative estimate of drug-likeness (QED) is 0.0749. The normalized spacial score (nSPS) is 12.1. The van der Waals surface area contributed by atoms with E-state index < -0.39 is 0 Å². The van der Waals surface area contributed by atoms with Crippen LogP contribution in [0.25, 0.3) is 0 Å². The summed E-state index contributed by atoms with van der Waals surface area (Å²) in [5.41, 5.74) is 0. The van der Waals surface area contributed by atoms with Gasteiger partial charge in [-0.15, -0.1) is 0 Å². The maximum Gasteiger partial charge on any atom is 0.0179 e. The molecular weight excluding hydrogens is 913 g/mol. The lowest BCUT2D eigenvalue weighted by atomic mass is 10.1. The summed E-state index contributed by atoms with van der Waals surface area (Å²) in [7, 11) is 23.3. The SMILES string of the molecule is CC(C)CSSC(C)(C)C.CC(C)CSSC(C)C.CCC(C)C.CCSSCC(C)C.CC[C@@H](SSC)C(C)C.CSSCC(C)C.CSS[C@H](C)C(C)C. The van der Waals surface area contributed by atoms with E-state index >= 15 is 0 Å². The number of rotatable bonds is 22. The Morgan fingerprint density at radius 2 is 0.786 bits per heavy atom. The first-order valence-electron chi connectivity index (χ1n) is 21.1. The minimum Gasteiger partial charge on any atom is -0.0976 e. The lowest BCUT2D eigenvalue weighted by Crippen LogP contribution is -2.07. The van der Waals surface area contributed by atoms with Gasteiger partial charge in [0.2, 0.25) is 0 Å². The molecule has 56 heavy (non-hydrogen) atoms. The Hall–Kier alpha value is 4.20. The van der Waals surface area contributed by atoms with E-state index in [0.29, 0.717) is 4.75 Å². The summed E-state index contributed by atoms with van der Waals surface area (Å²) in [5.74, 6) is 12.2. The van der Waals surface area contributed by atoms with Crippen LogP contribution in [0.2, 0.25) is 0 Å². The van der Waals surface area contributed by atoms with E-state index in [-0.39, 0.29) is 0 Å². The van der Waals surface area contributed by atoms with Gasteiger partial charge in [-0.05, 0) is 66.6 Å². The van der Waals surface area contributed by atoms with Crippen LogP contribution in [0, 0.1) is 41.4 Å². The minimum absolute atomic E-state index is 0.416. The highest BCUT2D eigenvalue weighted by Gasteiger charge is 2.11. The van der Waals surface area contributed by atoms with Crippen LogP contribution in [-0.4, -0.2) is 68.0 Å². The lowest BCUT2D eigenvalue weighted by molar-refractivity contribution is 0.596.